The monoisotopic (exact) mass is 395 g/mol. The van der Waals surface area contributed by atoms with Crippen molar-refractivity contribution >= 4 is 17.0 Å². The summed E-state index contributed by atoms with van der Waals surface area (Å²) in [5.41, 5.74) is 1.20. The van der Waals surface area contributed by atoms with Crippen molar-refractivity contribution in [3.05, 3.63) is 46.4 Å². The van der Waals surface area contributed by atoms with Crippen LogP contribution < -0.4 is 15.6 Å². The van der Waals surface area contributed by atoms with Gasteiger partial charge in [-0.1, -0.05) is 18.6 Å². The number of H-pyrrole nitrogens is 1. The Bertz CT molecular complexity index is 1040. The number of nitrogens with one attached hydrogen (secondary N) is 2. The van der Waals surface area contributed by atoms with Crippen LogP contribution in [-0.2, 0) is 12.1 Å². The molecule has 0 aliphatic heterocycles. The number of fused-ring (bicyclic) bond motifs is 1. The molecule has 2 heterocycles. The first-order valence-corrected chi connectivity index (χ1v) is 10.4. The van der Waals surface area contributed by atoms with Crippen LogP contribution in [0.15, 0.2) is 35.3 Å². The van der Waals surface area contributed by atoms with Crippen molar-refractivity contribution in [1.82, 2.24) is 19.7 Å². The second-order valence-electron chi connectivity index (χ2n) is 8.76. The molecule has 7 heteroatoms. The van der Waals surface area contributed by atoms with E-state index < -0.39 is 0 Å². The lowest BCUT2D eigenvalue weighted by Crippen LogP contribution is -2.24. The first-order chi connectivity index (χ1) is 13.9. The van der Waals surface area contributed by atoms with Gasteiger partial charge in [0.25, 0.3) is 5.56 Å². The van der Waals surface area contributed by atoms with E-state index in [2.05, 4.69) is 26.4 Å². The SMILES string of the molecule is CC(C)(C)n1ncc2c(=O)[nH]c(NCc3cccc(OC4CCCCC4)c3)nc21. The van der Waals surface area contributed by atoms with Crippen LogP contribution in [0.1, 0.15) is 58.4 Å². The fraction of sp³-hybridized carbons (Fsp3) is 0.500. The van der Waals surface area contributed by atoms with Gasteiger partial charge in [-0.25, -0.2) is 4.68 Å². The van der Waals surface area contributed by atoms with E-state index in [1.807, 2.05) is 39.0 Å². The summed E-state index contributed by atoms with van der Waals surface area (Å²) in [7, 11) is 0. The molecule has 0 atom stereocenters. The summed E-state index contributed by atoms with van der Waals surface area (Å²) in [4.78, 5) is 19.8. The first kappa shape index (κ1) is 19.5. The van der Waals surface area contributed by atoms with Crippen LogP contribution in [0.4, 0.5) is 5.95 Å². The van der Waals surface area contributed by atoms with Gasteiger partial charge in [0.15, 0.2) is 5.65 Å². The standard InChI is InChI=1S/C22H29N5O2/c1-22(2,3)27-19-18(14-24-27)20(28)26-21(25-19)23-13-15-8-7-11-17(12-15)29-16-9-5-4-6-10-16/h7-8,11-12,14,16H,4-6,9-10,13H2,1-3H3,(H2,23,25,26,28). The average Bonchev–Trinajstić information content (AvgIpc) is 3.13. The van der Waals surface area contributed by atoms with Gasteiger partial charge in [0.1, 0.15) is 11.1 Å². The molecule has 2 aromatic heterocycles. The zero-order chi connectivity index (χ0) is 20.4. The van der Waals surface area contributed by atoms with E-state index in [1.165, 1.54) is 19.3 Å². The van der Waals surface area contributed by atoms with E-state index in [4.69, 9.17) is 4.74 Å². The van der Waals surface area contributed by atoms with E-state index >= 15 is 0 Å². The first-order valence-electron chi connectivity index (χ1n) is 10.4. The number of ether oxygens (including phenoxy) is 1. The molecule has 7 nitrogen and oxygen atoms in total. The van der Waals surface area contributed by atoms with Crippen LogP contribution >= 0.6 is 0 Å². The fourth-order valence-corrected chi connectivity index (χ4v) is 3.78. The Morgan fingerprint density at radius 3 is 2.79 bits per heavy atom. The third kappa shape index (κ3) is 4.44. The summed E-state index contributed by atoms with van der Waals surface area (Å²) < 4.78 is 7.93. The van der Waals surface area contributed by atoms with Gasteiger partial charge in [0, 0.05) is 6.54 Å². The van der Waals surface area contributed by atoms with E-state index in [9.17, 15) is 4.79 Å². The zero-order valence-electron chi connectivity index (χ0n) is 17.4. The third-order valence-corrected chi connectivity index (χ3v) is 5.29. The fourth-order valence-electron chi connectivity index (χ4n) is 3.78. The topological polar surface area (TPSA) is 84.8 Å². The summed E-state index contributed by atoms with van der Waals surface area (Å²) in [6.07, 6.45) is 7.97. The molecule has 3 aromatic rings. The Hall–Kier alpha value is -2.83. The Balaban J connectivity index is 1.49. The Labute approximate surface area is 170 Å². The molecule has 1 saturated carbocycles. The predicted molar refractivity (Wildman–Crippen MR) is 114 cm³/mol. The molecule has 1 aliphatic carbocycles. The summed E-state index contributed by atoms with van der Waals surface area (Å²) in [6.45, 7) is 6.65. The summed E-state index contributed by atoms with van der Waals surface area (Å²) in [6, 6.07) is 8.10. The minimum Gasteiger partial charge on any atom is -0.490 e. The Morgan fingerprint density at radius 2 is 2.03 bits per heavy atom. The quantitative estimate of drug-likeness (QED) is 0.676. The van der Waals surface area contributed by atoms with Crippen LogP contribution in [0.3, 0.4) is 0 Å². The lowest BCUT2D eigenvalue weighted by molar-refractivity contribution is 0.155. The highest BCUT2D eigenvalue weighted by Gasteiger charge is 2.20. The van der Waals surface area contributed by atoms with Gasteiger partial charge in [0.2, 0.25) is 5.95 Å². The second-order valence-corrected chi connectivity index (χ2v) is 8.76. The van der Waals surface area contributed by atoms with Crippen LogP contribution in [0.25, 0.3) is 11.0 Å². The minimum absolute atomic E-state index is 0.192. The number of aromatic nitrogens is 4. The van der Waals surface area contributed by atoms with E-state index in [0.717, 1.165) is 24.2 Å². The van der Waals surface area contributed by atoms with Gasteiger partial charge in [-0.15, -0.1) is 0 Å². The molecule has 0 unspecified atom stereocenters. The number of nitrogens with zero attached hydrogens (tertiary/aromatic N) is 3. The van der Waals surface area contributed by atoms with Crippen LogP contribution in [0.5, 0.6) is 5.75 Å². The Kier molecular flexibility index (Phi) is 5.30. The minimum atomic E-state index is -0.259. The van der Waals surface area contributed by atoms with Gasteiger partial charge in [-0.05, 0) is 64.2 Å². The molecule has 0 saturated heterocycles. The highest BCUT2D eigenvalue weighted by molar-refractivity contribution is 5.74. The summed E-state index contributed by atoms with van der Waals surface area (Å²) >= 11 is 0. The lowest BCUT2D eigenvalue weighted by atomic mass is 9.98. The highest BCUT2D eigenvalue weighted by atomic mass is 16.5. The van der Waals surface area contributed by atoms with Crippen LogP contribution in [0.2, 0.25) is 0 Å². The highest BCUT2D eigenvalue weighted by Crippen LogP contribution is 2.24. The maximum atomic E-state index is 12.4. The van der Waals surface area contributed by atoms with Gasteiger partial charge in [-0.2, -0.15) is 10.1 Å². The lowest BCUT2D eigenvalue weighted by Gasteiger charge is -2.23. The van der Waals surface area contributed by atoms with E-state index in [-0.39, 0.29) is 11.1 Å². The molecule has 0 bridgehead atoms. The number of rotatable bonds is 5. The third-order valence-electron chi connectivity index (χ3n) is 5.29. The van der Waals surface area contributed by atoms with Gasteiger partial charge in [0.05, 0.1) is 17.8 Å². The van der Waals surface area contributed by atoms with Gasteiger partial charge in [-0.3, -0.25) is 9.78 Å². The molecule has 29 heavy (non-hydrogen) atoms. The molecule has 0 radical (unpaired) electrons. The smallest absolute Gasteiger partial charge is 0.263 e. The van der Waals surface area contributed by atoms with Crippen molar-refractivity contribution in [1.29, 1.82) is 0 Å². The average molecular weight is 396 g/mol. The number of hydrogen-bond donors (Lipinski definition) is 2. The van der Waals surface area contributed by atoms with Crippen LogP contribution in [-0.4, -0.2) is 25.9 Å². The maximum absolute atomic E-state index is 12.4. The molecular weight excluding hydrogens is 366 g/mol. The van der Waals surface area contributed by atoms with E-state index in [0.29, 0.717) is 29.6 Å². The zero-order valence-corrected chi connectivity index (χ0v) is 17.4. The maximum Gasteiger partial charge on any atom is 0.263 e. The summed E-state index contributed by atoms with van der Waals surface area (Å²) in [5.74, 6) is 1.34. The molecule has 154 valence electrons. The van der Waals surface area contributed by atoms with Crippen molar-refractivity contribution in [2.45, 2.75) is 71.1 Å². The Morgan fingerprint density at radius 1 is 1.24 bits per heavy atom. The largest absolute Gasteiger partial charge is 0.490 e. The summed E-state index contributed by atoms with van der Waals surface area (Å²) in [5, 5.41) is 8.07. The number of aromatic amines is 1. The van der Waals surface area contributed by atoms with Gasteiger partial charge >= 0.3 is 0 Å². The number of benzene rings is 1. The number of hydrogen-bond acceptors (Lipinski definition) is 5. The van der Waals surface area contributed by atoms with Crippen LogP contribution in [0, 0.1) is 0 Å². The molecule has 1 aliphatic rings. The normalized spacial score (nSPS) is 15.6. The van der Waals surface area contributed by atoms with Crippen molar-refractivity contribution in [2.75, 3.05) is 5.32 Å². The second kappa shape index (κ2) is 7.89. The molecule has 1 fully saturated rings. The molecule has 2 N–H and O–H groups in total. The molecule has 0 spiro atoms. The van der Waals surface area contributed by atoms with Gasteiger partial charge < -0.3 is 10.1 Å². The predicted octanol–water partition coefficient (Wildman–Crippen LogP) is 4.20. The van der Waals surface area contributed by atoms with Crippen molar-refractivity contribution in [3.8, 4) is 5.75 Å². The van der Waals surface area contributed by atoms with Crippen molar-refractivity contribution in [2.24, 2.45) is 0 Å². The van der Waals surface area contributed by atoms with Crippen molar-refractivity contribution in [3.63, 3.8) is 0 Å². The number of anilines is 1. The molecule has 0 amide bonds. The van der Waals surface area contributed by atoms with Crippen molar-refractivity contribution < 1.29 is 4.74 Å². The molecular formula is C22H29N5O2. The van der Waals surface area contributed by atoms with E-state index in [1.54, 1.807) is 10.9 Å². The molecule has 4 rings (SSSR count). The molecule has 1 aromatic carbocycles.